The molecule has 104 valence electrons. The number of hydrogen-bond acceptors (Lipinski definition) is 3. The molecule has 0 bridgehead atoms. The monoisotopic (exact) mass is 280 g/mol. The second-order valence-electron chi connectivity index (χ2n) is 4.82. The first kappa shape index (κ1) is 13.2. The van der Waals surface area contributed by atoms with Crippen molar-refractivity contribution >= 4 is 16.9 Å². The number of fused-ring (bicyclic) bond motifs is 1. The molecule has 0 atom stereocenters. The van der Waals surface area contributed by atoms with Gasteiger partial charge in [-0.3, -0.25) is 0 Å². The second-order valence-corrected chi connectivity index (χ2v) is 4.82. The predicted octanol–water partition coefficient (Wildman–Crippen LogP) is 2.71. The fourth-order valence-electron chi connectivity index (χ4n) is 2.33. The van der Waals surface area contributed by atoms with Crippen LogP contribution < -0.4 is 5.11 Å². The van der Waals surface area contributed by atoms with Crippen LogP contribution in [0.3, 0.4) is 0 Å². The van der Waals surface area contributed by atoms with E-state index in [1.165, 1.54) is 18.2 Å². The summed E-state index contributed by atoms with van der Waals surface area (Å²) in [6.45, 7) is 1.86. The molecule has 0 unspecified atom stereocenters. The Labute approximate surface area is 120 Å². The van der Waals surface area contributed by atoms with Gasteiger partial charge in [-0.15, -0.1) is 0 Å². The van der Waals surface area contributed by atoms with Crippen LogP contribution in [0.5, 0.6) is 0 Å². The highest BCUT2D eigenvalue weighted by molar-refractivity contribution is 6.03. The van der Waals surface area contributed by atoms with Gasteiger partial charge in [0.25, 0.3) is 0 Å². The molecule has 0 aliphatic carbocycles. The molecular formula is C17H11FNO2-. The Bertz CT molecular complexity index is 841. The molecule has 0 saturated heterocycles. The van der Waals surface area contributed by atoms with Gasteiger partial charge in [0.2, 0.25) is 0 Å². The van der Waals surface area contributed by atoms with E-state index < -0.39 is 5.97 Å². The molecule has 21 heavy (non-hydrogen) atoms. The Morgan fingerprint density at radius 3 is 2.52 bits per heavy atom. The average Bonchev–Trinajstić information content (AvgIpc) is 2.47. The summed E-state index contributed by atoms with van der Waals surface area (Å²) in [5.41, 5.74) is 2.71. The van der Waals surface area contributed by atoms with Crippen molar-refractivity contribution in [2.24, 2.45) is 0 Å². The topological polar surface area (TPSA) is 53.0 Å². The first-order valence-corrected chi connectivity index (χ1v) is 6.44. The lowest BCUT2D eigenvalue weighted by molar-refractivity contribution is -0.254. The van der Waals surface area contributed by atoms with Gasteiger partial charge >= 0.3 is 0 Å². The van der Waals surface area contributed by atoms with Crippen LogP contribution >= 0.6 is 0 Å². The van der Waals surface area contributed by atoms with Crippen LogP contribution in [0.4, 0.5) is 4.39 Å². The van der Waals surface area contributed by atoms with E-state index in [0.29, 0.717) is 22.2 Å². The third kappa shape index (κ3) is 2.36. The summed E-state index contributed by atoms with van der Waals surface area (Å²) < 4.78 is 13.0. The average molecular weight is 280 g/mol. The normalized spacial score (nSPS) is 10.8. The van der Waals surface area contributed by atoms with Gasteiger partial charge in [0, 0.05) is 16.5 Å². The van der Waals surface area contributed by atoms with Gasteiger partial charge in [0.05, 0.1) is 17.2 Å². The van der Waals surface area contributed by atoms with Crippen LogP contribution in [0.2, 0.25) is 0 Å². The quantitative estimate of drug-likeness (QED) is 0.725. The molecule has 4 heteroatoms. The summed E-state index contributed by atoms with van der Waals surface area (Å²) in [4.78, 5) is 15.9. The van der Waals surface area contributed by atoms with Gasteiger partial charge < -0.3 is 9.90 Å². The van der Waals surface area contributed by atoms with Crippen LogP contribution in [-0.2, 0) is 0 Å². The summed E-state index contributed by atoms with van der Waals surface area (Å²) >= 11 is 0. The first-order valence-electron chi connectivity index (χ1n) is 6.44. The molecule has 1 heterocycles. The Morgan fingerprint density at radius 1 is 1.14 bits per heavy atom. The molecule has 0 radical (unpaired) electrons. The molecule has 0 aliphatic rings. The molecular weight excluding hydrogens is 269 g/mol. The smallest absolute Gasteiger partial charge is 0.123 e. The van der Waals surface area contributed by atoms with Gasteiger partial charge in [-0.25, -0.2) is 9.37 Å². The van der Waals surface area contributed by atoms with Gasteiger partial charge in [0.1, 0.15) is 5.82 Å². The molecule has 1 aromatic heterocycles. The molecule has 0 saturated carbocycles. The summed E-state index contributed by atoms with van der Waals surface area (Å²) in [5, 5.41) is 11.9. The van der Waals surface area contributed by atoms with E-state index in [1.807, 2.05) is 13.0 Å². The number of nitrogens with zero attached hydrogens (tertiary/aromatic N) is 1. The number of rotatable bonds is 2. The number of pyridine rings is 1. The molecule has 3 nitrogen and oxygen atoms in total. The highest BCUT2D eigenvalue weighted by Gasteiger charge is 2.10. The maximum absolute atomic E-state index is 13.0. The van der Waals surface area contributed by atoms with Gasteiger partial charge in [-0.1, -0.05) is 18.2 Å². The lowest BCUT2D eigenvalue weighted by Crippen LogP contribution is -2.22. The number of carbonyl (C=O) groups excluding carboxylic acids is 1. The number of aryl methyl sites for hydroxylation is 1. The fourth-order valence-corrected chi connectivity index (χ4v) is 2.33. The van der Waals surface area contributed by atoms with E-state index >= 15 is 0 Å². The summed E-state index contributed by atoms with van der Waals surface area (Å²) in [6, 6.07) is 12.6. The zero-order valence-corrected chi connectivity index (χ0v) is 11.3. The van der Waals surface area contributed by atoms with Crippen LogP contribution in [0, 0.1) is 12.7 Å². The number of carbonyl (C=O) groups is 1. The summed E-state index contributed by atoms with van der Waals surface area (Å²) in [7, 11) is 0. The van der Waals surface area contributed by atoms with E-state index in [1.54, 1.807) is 24.3 Å². The highest BCUT2D eigenvalue weighted by Crippen LogP contribution is 2.26. The first-order chi connectivity index (χ1) is 10.1. The lowest BCUT2D eigenvalue weighted by Gasteiger charge is -2.12. The van der Waals surface area contributed by atoms with E-state index in [9.17, 15) is 14.3 Å². The van der Waals surface area contributed by atoms with Crippen molar-refractivity contribution in [2.45, 2.75) is 6.92 Å². The van der Waals surface area contributed by atoms with Gasteiger partial charge in [0.15, 0.2) is 0 Å². The highest BCUT2D eigenvalue weighted by atomic mass is 19.1. The van der Waals surface area contributed by atoms with Crippen LogP contribution in [0.15, 0.2) is 48.5 Å². The van der Waals surface area contributed by atoms with Crippen molar-refractivity contribution in [3.8, 4) is 11.3 Å². The van der Waals surface area contributed by atoms with E-state index in [2.05, 4.69) is 4.98 Å². The minimum Gasteiger partial charge on any atom is -0.545 e. The van der Waals surface area contributed by atoms with Crippen molar-refractivity contribution in [2.75, 3.05) is 0 Å². The Morgan fingerprint density at radius 2 is 1.86 bits per heavy atom. The molecule has 3 rings (SSSR count). The number of aromatic nitrogens is 1. The fraction of sp³-hybridized carbons (Fsp3) is 0.0588. The van der Waals surface area contributed by atoms with E-state index in [4.69, 9.17) is 0 Å². The zero-order chi connectivity index (χ0) is 15.0. The minimum absolute atomic E-state index is 0.0861. The van der Waals surface area contributed by atoms with Gasteiger partial charge in [-0.05, 0) is 42.8 Å². The SMILES string of the molecule is Cc1cccc2c(C(=O)[O-])cc(-c3ccc(F)cc3)nc12. The van der Waals surface area contributed by atoms with Crippen LogP contribution in [0.25, 0.3) is 22.2 Å². The molecule has 0 N–H and O–H groups in total. The van der Waals surface area contributed by atoms with Gasteiger partial charge in [-0.2, -0.15) is 0 Å². The lowest BCUT2D eigenvalue weighted by atomic mass is 10.0. The number of para-hydroxylation sites is 1. The molecule has 3 aromatic rings. The Balaban J connectivity index is 2.32. The molecule has 0 aliphatic heterocycles. The number of hydrogen-bond donors (Lipinski definition) is 0. The van der Waals surface area contributed by atoms with Crippen molar-refractivity contribution in [3.05, 3.63) is 65.5 Å². The maximum atomic E-state index is 13.0. The number of halogens is 1. The standard InChI is InChI=1S/C17H12FNO2/c1-10-3-2-4-13-14(17(20)21)9-15(19-16(10)13)11-5-7-12(18)8-6-11/h2-9H,1H3,(H,20,21)/p-1. The van der Waals surface area contributed by atoms with E-state index in [-0.39, 0.29) is 11.4 Å². The minimum atomic E-state index is -1.25. The van der Waals surface area contributed by atoms with Crippen molar-refractivity contribution in [1.82, 2.24) is 4.98 Å². The zero-order valence-electron chi connectivity index (χ0n) is 11.3. The largest absolute Gasteiger partial charge is 0.545 e. The number of aromatic carboxylic acids is 1. The summed E-state index contributed by atoms with van der Waals surface area (Å²) in [5.74, 6) is -1.60. The Hall–Kier alpha value is -2.75. The second kappa shape index (κ2) is 4.98. The van der Waals surface area contributed by atoms with Crippen molar-refractivity contribution in [3.63, 3.8) is 0 Å². The van der Waals surface area contributed by atoms with Crippen LogP contribution in [-0.4, -0.2) is 11.0 Å². The number of carboxylic acid groups (broad SMARTS) is 1. The number of carboxylic acids is 1. The van der Waals surface area contributed by atoms with Crippen LogP contribution in [0.1, 0.15) is 15.9 Å². The molecule has 2 aromatic carbocycles. The third-order valence-electron chi connectivity index (χ3n) is 3.40. The molecule has 0 amide bonds. The molecule has 0 fully saturated rings. The third-order valence-corrected chi connectivity index (χ3v) is 3.40. The predicted molar refractivity (Wildman–Crippen MR) is 76.2 cm³/mol. The molecule has 0 spiro atoms. The van der Waals surface area contributed by atoms with E-state index in [0.717, 1.165) is 5.56 Å². The van der Waals surface area contributed by atoms with Crippen molar-refractivity contribution in [1.29, 1.82) is 0 Å². The maximum Gasteiger partial charge on any atom is 0.123 e. The summed E-state index contributed by atoms with van der Waals surface area (Å²) in [6.07, 6.45) is 0. The number of benzene rings is 2. The Kier molecular flexibility index (Phi) is 3.14. The van der Waals surface area contributed by atoms with Crippen molar-refractivity contribution < 1.29 is 14.3 Å².